The highest BCUT2D eigenvalue weighted by Crippen LogP contribution is 2.19. The van der Waals surface area contributed by atoms with Crippen LogP contribution in [-0.4, -0.2) is 25.1 Å². The van der Waals surface area contributed by atoms with Crippen molar-refractivity contribution in [3.05, 3.63) is 29.8 Å². The molecule has 0 fully saturated rings. The number of nitrogens with two attached hydrogens (primary N) is 1. The Bertz CT molecular complexity index is 438. The first-order valence-electron chi connectivity index (χ1n) is 5.84. The van der Waals surface area contributed by atoms with E-state index in [1.165, 1.54) is 0 Å². The maximum atomic E-state index is 11.6. The number of terminal acetylenes is 1. The summed E-state index contributed by atoms with van der Waals surface area (Å²) < 4.78 is 5.62. The summed E-state index contributed by atoms with van der Waals surface area (Å²) in [5.41, 5.74) is 6.53. The lowest BCUT2D eigenvalue weighted by atomic mass is 10.1. The van der Waals surface area contributed by atoms with Crippen LogP contribution in [0.1, 0.15) is 12.5 Å². The van der Waals surface area contributed by atoms with Crippen LogP contribution in [0.5, 0.6) is 5.75 Å². The Labute approximate surface area is 108 Å². The van der Waals surface area contributed by atoms with E-state index in [4.69, 9.17) is 16.9 Å². The molecule has 1 aromatic carbocycles. The molecule has 1 amide bonds. The van der Waals surface area contributed by atoms with Crippen LogP contribution in [0, 0.1) is 12.3 Å². The van der Waals surface area contributed by atoms with Crippen molar-refractivity contribution in [1.29, 1.82) is 0 Å². The van der Waals surface area contributed by atoms with Gasteiger partial charge in [0.2, 0.25) is 0 Å². The third-order valence-electron chi connectivity index (χ3n) is 2.42. The lowest BCUT2D eigenvalue weighted by molar-refractivity contribution is -0.127. The molecule has 1 aromatic rings. The molecule has 0 saturated heterocycles. The predicted octanol–water partition coefficient (Wildman–Crippen LogP) is 0.704. The summed E-state index contributed by atoms with van der Waals surface area (Å²) in [6, 6.07) is 7.55. The highest BCUT2D eigenvalue weighted by Gasteiger charge is 2.15. The highest BCUT2D eigenvalue weighted by molar-refractivity contribution is 5.80. The molecule has 0 aliphatic carbocycles. The van der Waals surface area contributed by atoms with Gasteiger partial charge >= 0.3 is 0 Å². The van der Waals surface area contributed by atoms with E-state index < -0.39 is 6.10 Å². The zero-order chi connectivity index (χ0) is 13.4. The molecule has 3 N–H and O–H groups in total. The molecule has 0 heterocycles. The minimum absolute atomic E-state index is 0.205. The summed E-state index contributed by atoms with van der Waals surface area (Å²) in [7, 11) is 0. The summed E-state index contributed by atoms with van der Waals surface area (Å²) in [5.74, 6) is 2.81. The van der Waals surface area contributed by atoms with Crippen molar-refractivity contribution in [2.24, 2.45) is 5.73 Å². The highest BCUT2D eigenvalue weighted by atomic mass is 16.5. The number of para-hydroxylation sites is 1. The number of hydrogen-bond donors (Lipinski definition) is 2. The topological polar surface area (TPSA) is 64.3 Å². The van der Waals surface area contributed by atoms with Gasteiger partial charge in [-0.25, -0.2) is 0 Å². The number of hydrogen-bond acceptors (Lipinski definition) is 3. The van der Waals surface area contributed by atoms with Gasteiger partial charge in [0.1, 0.15) is 5.75 Å². The second-order valence-electron chi connectivity index (χ2n) is 3.83. The Morgan fingerprint density at radius 1 is 1.56 bits per heavy atom. The first-order chi connectivity index (χ1) is 8.69. The van der Waals surface area contributed by atoms with Crippen molar-refractivity contribution in [2.45, 2.75) is 19.4 Å². The Kier molecular flexibility index (Phi) is 5.75. The lowest BCUT2D eigenvalue weighted by Gasteiger charge is -2.16. The van der Waals surface area contributed by atoms with Gasteiger partial charge in [-0.15, -0.1) is 6.42 Å². The summed E-state index contributed by atoms with van der Waals surface area (Å²) in [6.07, 6.45) is 5.21. The number of benzene rings is 1. The summed E-state index contributed by atoms with van der Waals surface area (Å²) in [5, 5.41) is 2.58. The first kappa shape index (κ1) is 14.1. The lowest BCUT2D eigenvalue weighted by Crippen LogP contribution is -2.36. The third-order valence-corrected chi connectivity index (χ3v) is 2.42. The number of carbonyl (C=O) groups is 1. The molecule has 0 aromatic heterocycles. The normalized spacial score (nSPS) is 11.4. The molecule has 1 atom stereocenters. The van der Waals surface area contributed by atoms with Crippen molar-refractivity contribution >= 4 is 5.91 Å². The fourth-order valence-corrected chi connectivity index (χ4v) is 1.51. The van der Waals surface area contributed by atoms with Crippen molar-refractivity contribution in [1.82, 2.24) is 5.32 Å². The van der Waals surface area contributed by atoms with E-state index in [-0.39, 0.29) is 12.5 Å². The van der Waals surface area contributed by atoms with E-state index in [0.29, 0.717) is 12.3 Å². The van der Waals surface area contributed by atoms with Crippen LogP contribution in [-0.2, 0) is 11.2 Å². The average Bonchev–Trinajstić information content (AvgIpc) is 2.38. The molecule has 4 nitrogen and oxygen atoms in total. The second kappa shape index (κ2) is 7.36. The van der Waals surface area contributed by atoms with Gasteiger partial charge in [-0.3, -0.25) is 4.79 Å². The number of ether oxygens (including phenoxy) is 1. The maximum absolute atomic E-state index is 11.6. The monoisotopic (exact) mass is 246 g/mol. The number of rotatable bonds is 6. The van der Waals surface area contributed by atoms with E-state index in [9.17, 15) is 4.79 Å². The Balaban J connectivity index is 2.66. The van der Waals surface area contributed by atoms with Crippen LogP contribution >= 0.6 is 0 Å². The van der Waals surface area contributed by atoms with Gasteiger partial charge in [0.05, 0.1) is 6.54 Å². The van der Waals surface area contributed by atoms with E-state index in [0.717, 1.165) is 12.0 Å². The Hall–Kier alpha value is -1.99. The number of nitrogens with one attached hydrogen (secondary N) is 1. The van der Waals surface area contributed by atoms with Crippen molar-refractivity contribution in [2.75, 3.05) is 13.1 Å². The third kappa shape index (κ3) is 4.11. The zero-order valence-corrected chi connectivity index (χ0v) is 10.5. The molecular weight excluding hydrogens is 228 g/mol. The largest absolute Gasteiger partial charge is 0.481 e. The average molecular weight is 246 g/mol. The van der Waals surface area contributed by atoms with E-state index >= 15 is 0 Å². The second-order valence-corrected chi connectivity index (χ2v) is 3.83. The molecular formula is C14H18N2O2. The van der Waals surface area contributed by atoms with E-state index in [1.54, 1.807) is 6.92 Å². The molecule has 0 radical (unpaired) electrons. The molecule has 96 valence electrons. The van der Waals surface area contributed by atoms with Crippen LogP contribution in [0.15, 0.2) is 24.3 Å². The van der Waals surface area contributed by atoms with Crippen molar-refractivity contribution < 1.29 is 9.53 Å². The quantitative estimate of drug-likeness (QED) is 0.726. The molecule has 0 saturated carbocycles. The molecule has 18 heavy (non-hydrogen) atoms. The van der Waals surface area contributed by atoms with Crippen LogP contribution in [0.25, 0.3) is 0 Å². The van der Waals surface area contributed by atoms with E-state index in [1.807, 2.05) is 24.3 Å². The molecule has 0 spiro atoms. The number of amides is 1. The van der Waals surface area contributed by atoms with Crippen LogP contribution in [0.3, 0.4) is 0 Å². The SMILES string of the molecule is C#CCNC(=O)C(C)Oc1ccccc1CCN. The minimum Gasteiger partial charge on any atom is -0.481 e. The van der Waals surface area contributed by atoms with Gasteiger partial charge < -0.3 is 15.8 Å². The standard InChI is InChI=1S/C14H18N2O2/c1-3-10-16-14(17)11(2)18-13-7-5-4-6-12(13)8-9-15/h1,4-7,11H,8-10,15H2,2H3,(H,16,17). The molecule has 0 aliphatic heterocycles. The van der Waals surface area contributed by atoms with Crippen molar-refractivity contribution in [3.8, 4) is 18.1 Å². The smallest absolute Gasteiger partial charge is 0.261 e. The maximum Gasteiger partial charge on any atom is 0.261 e. The minimum atomic E-state index is -0.586. The van der Waals surface area contributed by atoms with Crippen LogP contribution in [0.2, 0.25) is 0 Å². The van der Waals surface area contributed by atoms with Gasteiger partial charge in [0.25, 0.3) is 5.91 Å². The number of carbonyl (C=O) groups excluding carboxylic acids is 1. The molecule has 0 aliphatic rings. The zero-order valence-electron chi connectivity index (χ0n) is 10.5. The predicted molar refractivity (Wildman–Crippen MR) is 71.1 cm³/mol. The van der Waals surface area contributed by atoms with Gasteiger partial charge in [0, 0.05) is 0 Å². The molecule has 4 heteroatoms. The fraction of sp³-hybridized carbons (Fsp3) is 0.357. The molecule has 1 rings (SSSR count). The van der Waals surface area contributed by atoms with E-state index in [2.05, 4.69) is 11.2 Å². The molecule has 0 bridgehead atoms. The Morgan fingerprint density at radius 2 is 2.28 bits per heavy atom. The molecule has 1 unspecified atom stereocenters. The van der Waals surface area contributed by atoms with Crippen LogP contribution in [0.4, 0.5) is 0 Å². The Morgan fingerprint density at radius 3 is 2.94 bits per heavy atom. The fourth-order valence-electron chi connectivity index (χ4n) is 1.51. The van der Waals surface area contributed by atoms with Crippen molar-refractivity contribution in [3.63, 3.8) is 0 Å². The van der Waals surface area contributed by atoms with Gasteiger partial charge in [0.15, 0.2) is 6.10 Å². The van der Waals surface area contributed by atoms with Gasteiger partial charge in [-0.05, 0) is 31.5 Å². The summed E-state index contributed by atoms with van der Waals surface area (Å²) >= 11 is 0. The summed E-state index contributed by atoms with van der Waals surface area (Å²) in [4.78, 5) is 11.6. The van der Waals surface area contributed by atoms with Gasteiger partial charge in [-0.1, -0.05) is 24.1 Å². The van der Waals surface area contributed by atoms with Crippen LogP contribution < -0.4 is 15.8 Å². The van der Waals surface area contributed by atoms with Gasteiger partial charge in [-0.2, -0.15) is 0 Å². The first-order valence-corrected chi connectivity index (χ1v) is 5.84. The summed E-state index contributed by atoms with van der Waals surface area (Å²) in [6.45, 7) is 2.43.